The molecule has 26 heteroatoms. The van der Waals surface area contributed by atoms with Crippen molar-refractivity contribution < 1.29 is 48.0 Å². The average Bonchev–Trinajstić information content (AvgIpc) is 3.32. The van der Waals surface area contributed by atoms with Crippen LogP contribution in [0.25, 0.3) is 0 Å². The number of hydrogen-bond acceptors (Lipinski definition) is 20. The maximum atomic E-state index is 13.2. The van der Waals surface area contributed by atoms with Crippen LogP contribution in [0, 0.1) is 20.2 Å². The second-order valence-corrected chi connectivity index (χ2v) is 15.8. The molecule has 0 N–H and O–H groups in total. The van der Waals surface area contributed by atoms with Crippen molar-refractivity contribution in [2.24, 2.45) is 28.2 Å². The molecule has 0 spiro atoms. The Morgan fingerprint density at radius 3 is 1.22 bits per heavy atom. The highest BCUT2D eigenvalue weighted by molar-refractivity contribution is 6.34. The van der Waals surface area contributed by atoms with E-state index >= 15 is 0 Å². The normalized spacial score (nSPS) is 14.3. The predicted molar refractivity (Wildman–Crippen MR) is 238 cm³/mol. The number of carbonyl (C=O) groups is 4. The quantitative estimate of drug-likeness (QED) is 0.0343. The summed E-state index contributed by atoms with van der Waals surface area (Å²) in [5.41, 5.74) is -4.05. The summed E-state index contributed by atoms with van der Waals surface area (Å²) in [4.78, 5) is 131. The fourth-order valence-electron chi connectivity index (χ4n) is 7.59. The molecule has 0 unspecified atom stereocenters. The maximum Gasteiger partial charge on any atom is 0.425 e. The van der Waals surface area contributed by atoms with Crippen molar-refractivity contribution in [3.63, 3.8) is 0 Å². The molecule has 0 bridgehead atoms. The van der Waals surface area contributed by atoms with Crippen molar-refractivity contribution in [1.82, 2.24) is 28.1 Å². The maximum absolute atomic E-state index is 13.2. The second-order valence-electron chi connectivity index (χ2n) is 15.8. The largest absolute Gasteiger partial charge is 0.493 e. The molecule has 2 aromatic heterocycles. The van der Waals surface area contributed by atoms with Gasteiger partial charge in [-0.1, -0.05) is 0 Å². The fourth-order valence-corrected chi connectivity index (χ4v) is 7.59. The van der Waals surface area contributed by atoms with E-state index in [1.807, 2.05) is 9.80 Å². The second kappa shape index (κ2) is 21.5. The summed E-state index contributed by atoms with van der Waals surface area (Å²) >= 11 is 0. The summed E-state index contributed by atoms with van der Waals surface area (Å²) in [6, 6.07) is 8.68. The molecule has 2 fully saturated rings. The van der Waals surface area contributed by atoms with Crippen molar-refractivity contribution in [3.05, 3.63) is 122 Å². The predicted octanol–water partition coefficient (Wildman–Crippen LogP) is -0.453. The summed E-state index contributed by atoms with van der Waals surface area (Å²) in [5, 5.41) is 23.1. The van der Waals surface area contributed by atoms with Crippen molar-refractivity contribution in [1.29, 1.82) is 0 Å². The van der Waals surface area contributed by atoms with E-state index < -0.39 is 78.7 Å². The first kappa shape index (κ1) is 49.4. The summed E-state index contributed by atoms with van der Waals surface area (Å²) < 4.78 is 25.6. The van der Waals surface area contributed by atoms with Crippen molar-refractivity contribution in [2.75, 3.05) is 88.5 Å². The van der Waals surface area contributed by atoms with Gasteiger partial charge in [-0.25, -0.2) is 28.8 Å². The molecule has 0 saturated carbocycles. The Hall–Kier alpha value is -8.00. The molecule has 0 radical (unpaired) electrons. The molecule has 0 amide bonds. The molecule has 0 atom stereocenters. The topological polar surface area (TPSA) is 292 Å². The van der Waals surface area contributed by atoms with E-state index in [2.05, 4.69) is 19.3 Å². The van der Waals surface area contributed by atoms with Gasteiger partial charge in [0.15, 0.2) is 0 Å². The van der Waals surface area contributed by atoms with Crippen LogP contribution in [0.15, 0.2) is 67.7 Å². The van der Waals surface area contributed by atoms with Gasteiger partial charge in [-0.15, -0.1) is 0 Å². The number of nitrogens with zero attached hydrogens (tertiary/aromatic N) is 10. The number of piperazine rings is 2. The number of anilines is 2. The number of hydrogen-bond donors (Lipinski definition) is 0. The van der Waals surface area contributed by atoms with Gasteiger partial charge in [-0.2, -0.15) is 0 Å². The number of benzene rings is 2. The van der Waals surface area contributed by atoms with E-state index in [1.165, 1.54) is 35.4 Å². The fraction of sp³-hybridized carbons (Fsp3) is 0.429. The van der Waals surface area contributed by atoms with Crippen molar-refractivity contribution >= 4 is 46.9 Å². The van der Waals surface area contributed by atoms with E-state index in [4.69, 9.17) is 9.47 Å². The van der Waals surface area contributed by atoms with E-state index in [1.54, 1.807) is 14.1 Å². The summed E-state index contributed by atoms with van der Waals surface area (Å²) in [6.07, 6.45) is 0.823. The van der Waals surface area contributed by atoms with Crippen LogP contribution in [0.1, 0.15) is 33.6 Å². The number of ether oxygens (including phenoxy) is 4. The smallest absolute Gasteiger partial charge is 0.425 e. The lowest BCUT2D eigenvalue weighted by Gasteiger charge is -2.36. The van der Waals surface area contributed by atoms with Gasteiger partial charge < -0.3 is 28.7 Å². The van der Waals surface area contributed by atoms with Gasteiger partial charge in [0.05, 0.1) is 23.1 Å². The SMILES string of the molecule is Cn1c(N2CCN(CCCOc3ccc([N+](=O)[O-])cc3C(=O)OC(=O)C(=O)OC(=O)c3cc([N+](=O)[O-])ccc3OCCCN3CCN(c4cc(=O)n(C)c(=O)n4C)CC3)CC2)cc(=O)n(C)c1=O. The van der Waals surface area contributed by atoms with Crippen LogP contribution in [-0.2, 0) is 47.3 Å². The Morgan fingerprint density at radius 2 is 0.882 bits per heavy atom. The first-order valence-corrected chi connectivity index (χ1v) is 21.2. The first-order chi connectivity index (χ1) is 32.3. The number of nitro groups is 2. The first-order valence-electron chi connectivity index (χ1n) is 21.2. The molecule has 2 aliphatic rings. The Balaban J connectivity index is 0.998. The summed E-state index contributed by atoms with van der Waals surface area (Å²) in [7, 11) is 5.98. The van der Waals surface area contributed by atoms with E-state index in [9.17, 15) is 58.6 Å². The number of carbonyl (C=O) groups excluding carboxylic acids is 4. The minimum Gasteiger partial charge on any atom is -0.493 e. The molecular weight excluding hydrogens is 901 g/mol. The highest BCUT2D eigenvalue weighted by Crippen LogP contribution is 2.27. The van der Waals surface area contributed by atoms with Crippen molar-refractivity contribution in [3.8, 4) is 11.5 Å². The zero-order valence-corrected chi connectivity index (χ0v) is 37.5. The van der Waals surface area contributed by atoms with Gasteiger partial charge in [0.2, 0.25) is 0 Å². The van der Waals surface area contributed by atoms with Gasteiger partial charge in [-0.3, -0.25) is 57.9 Å². The molecule has 4 heterocycles. The van der Waals surface area contributed by atoms with Crippen LogP contribution in [0.4, 0.5) is 23.0 Å². The summed E-state index contributed by atoms with van der Waals surface area (Å²) in [6.45, 7) is 5.49. The number of rotatable bonds is 16. The summed E-state index contributed by atoms with van der Waals surface area (Å²) in [5.74, 6) is -6.49. The van der Waals surface area contributed by atoms with Crippen LogP contribution in [0.3, 0.4) is 0 Å². The van der Waals surface area contributed by atoms with Crippen LogP contribution in [0.2, 0.25) is 0 Å². The number of nitro benzene ring substituents is 2. The van der Waals surface area contributed by atoms with Gasteiger partial charge in [0, 0.05) is 130 Å². The number of non-ortho nitro benzene ring substituents is 2. The minimum atomic E-state index is -1.99. The van der Waals surface area contributed by atoms with Crippen LogP contribution in [0.5, 0.6) is 11.5 Å². The van der Waals surface area contributed by atoms with Gasteiger partial charge in [-0.05, 0) is 25.0 Å². The molecule has 6 rings (SSSR count). The molecule has 68 heavy (non-hydrogen) atoms. The molecule has 0 aliphatic carbocycles. The third kappa shape index (κ3) is 11.5. The molecular formula is C42H48N10O16. The number of esters is 4. The third-order valence-electron chi connectivity index (χ3n) is 11.5. The van der Waals surface area contributed by atoms with Gasteiger partial charge in [0.1, 0.15) is 34.3 Å². The average molecular weight is 949 g/mol. The Morgan fingerprint density at radius 1 is 0.529 bits per heavy atom. The van der Waals surface area contributed by atoms with Gasteiger partial charge >= 0.3 is 35.3 Å². The molecule has 4 aromatic rings. The van der Waals surface area contributed by atoms with Gasteiger partial charge in [0.25, 0.3) is 22.5 Å². The lowest BCUT2D eigenvalue weighted by Crippen LogP contribution is -2.49. The lowest BCUT2D eigenvalue weighted by atomic mass is 10.1. The highest BCUT2D eigenvalue weighted by Gasteiger charge is 2.31. The molecule has 2 aromatic carbocycles. The zero-order valence-electron chi connectivity index (χ0n) is 37.5. The molecule has 2 saturated heterocycles. The van der Waals surface area contributed by atoms with E-state index in [-0.39, 0.29) is 24.7 Å². The monoisotopic (exact) mass is 948 g/mol. The molecule has 26 nitrogen and oxygen atoms in total. The Labute approximate surface area is 384 Å². The molecule has 362 valence electrons. The minimum absolute atomic E-state index is 0.000343. The Kier molecular flexibility index (Phi) is 15.7. The highest BCUT2D eigenvalue weighted by atomic mass is 16.6. The molecule has 2 aliphatic heterocycles. The van der Waals surface area contributed by atoms with E-state index in [0.29, 0.717) is 89.9 Å². The third-order valence-corrected chi connectivity index (χ3v) is 11.5. The van der Waals surface area contributed by atoms with Crippen LogP contribution < -0.4 is 41.8 Å². The Bertz CT molecular complexity index is 2680. The van der Waals surface area contributed by atoms with Crippen molar-refractivity contribution in [2.45, 2.75) is 12.8 Å². The van der Waals surface area contributed by atoms with Crippen LogP contribution >= 0.6 is 0 Å². The lowest BCUT2D eigenvalue weighted by molar-refractivity contribution is -0.385. The van der Waals surface area contributed by atoms with E-state index in [0.717, 1.165) is 45.5 Å². The van der Waals surface area contributed by atoms with Crippen LogP contribution in [-0.4, -0.2) is 140 Å². The zero-order chi connectivity index (χ0) is 49.4. The standard InChI is InChI=1S/C42H48N10O16/c1-43-33(25-35(53)45(3)41(43)59)49-17-13-47(14-18-49)11-5-21-65-31-9-7-27(51(61)62)23-29(31)37(55)67-39(57)40(58)68-38(56)30-24-28(52(63)64)8-10-32(30)66-22-6-12-48-15-19-50(20-16-48)34-26-36(54)46(4)42(60)44(34)2/h7-10,23-26H,5-6,11-22H2,1-4H3. The number of aromatic nitrogens is 4.